The van der Waals surface area contributed by atoms with Crippen LogP contribution >= 0.6 is 0 Å². The van der Waals surface area contributed by atoms with Gasteiger partial charge in [0.15, 0.2) is 0 Å². The maximum atomic E-state index is 12.1. The van der Waals surface area contributed by atoms with E-state index in [0.29, 0.717) is 6.07 Å². The van der Waals surface area contributed by atoms with E-state index in [9.17, 15) is 22.0 Å². The molecular formula is C8H6F5N. The molecule has 0 aliphatic heterocycles. The first-order valence-corrected chi connectivity index (χ1v) is 3.65. The van der Waals surface area contributed by atoms with Crippen molar-refractivity contribution in [1.82, 2.24) is 4.98 Å². The number of rotatable bonds is 1. The molecular weight excluding hydrogens is 205 g/mol. The minimum Gasteiger partial charge on any atom is -0.248 e. The molecule has 0 aliphatic carbocycles. The third-order valence-corrected chi connectivity index (χ3v) is 1.65. The largest absolute Gasteiger partial charge is 0.433 e. The van der Waals surface area contributed by atoms with E-state index >= 15 is 0 Å². The molecule has 0 unspecified atom stereocenters. The molecule has 1 aromatic rings. The summed E-state index contributed by atoms with van der Waals surface area (Å²) < 4.78 is 60.4. The van der Waals surface area contributed by atoms with E-state index in [2.05, 4.69) is 4.98 Å². The Morgan fingerprint density at radius 3 is 2.14 bits per heavy atom. The van der Waals surface area contributed by atoms with Crippen LogP contribution in [0, 0.1) is 6.92 Å². The van der Waals surface area contributed by atoms with Gasteiger partial charge in [0.2, 0.25) is 0 Å². The van der Waals surface area contributed by atoms with Crippen molar-refractivity contribution in [2.45, 2.75) is 19.5 Å². The Morgan fingerprint density at radius 2 is 1.79 bits per heavy atom. The van der Waals surface area contributed by atoms with Gasteiger partial charge < -0.3 is 0 Å². The van der Waals surface area contributed by atoms with Crippen molar-refractivity contribution in [2.24, 2.45) is 0 Å². The Balaban J connectivity index is 3.13. The number of aromatic nitrogens is 1. The van der Waals surface area contributed by atoms with Crippen LogP contribution in [-0.2, 0) is 6.18 Å². The number of aryl methyl sites for hydroxylation is 1. The van der Waals surface area contributed by atoms with Crippen LogP contribution in [0.1, 0.15) is 23.4 Å². The lowest BCUT2D eigenvalue weighted by Crippen LogP contribution is -2.09. The zero-order valence-electron chi connectivity index (χ0n) is 7.07. The minimum atomic E-state index is -4.59. The summed E-state index contributed by atoms with van der Waals surface area (Å²) in [6.45, 7) is 1.12. The van der Waals surface area contributed by atoms with Gasteiger partial charge in [-0.3, -0.25) is 0 Å². The molecule has 0 fully saturated rings. The van der Waals surface area contributed by atoms with Gasteiger partial charge in [0.05, 0.1) is 0 Å². The number of nitrogens with zero attached hydrogens (tertiary/aromatic N) is 1. The normalized spacial score (nSPS) is 12.2. The Kier molecular flexibility index (Phi) is 2.73. The second kappa shape index (κ2) is 3.51. The molecule has 1 heterocycles. The van der Waals surface area contributed by atoms with Crippen LogP contribution < -0.4 is 0 Å². The predicted octanol–water partition coefficient (Wildman–Crippen LogP) is 3.35. The number of pyridine rings is 1. The van der Waals surface area contributed by atoms with Gasteiger partial charge in [0.25, 0.3) is 6.43 Å². The van der Waals surface area contributed by atoms with Crippen molar-refractivity contribution < 1.29 is 22.0 Å². The lowest BCUT2D eigenvalue weighted by atomic mass is 10.2. The smallest absolute Gasteiger partial charge is 0.248 e. The van der Waals surface area contributed by atoms with Gasteiger partial charge in [-0.2, -0.15) is 13.2 Å². The van der Waals surface area contributed by atoms with E-state index in [1.807, 2.05) is 0 Å². The highest BCUT2D eigenvalue weighted by Gasteiger charge is 2.33. The predicted molar refractivity (Wildman–Crippen MR) is 38.9 cm³/mol. The van der Waals surface area contributed by atoms with E-state index in [1.54, 1.807) is 0 Å². The van der Waals surface area contributed by atoms with Crippen LogP contribution in [0.2, 0.25) is 0 Å². The fraction of sp³-hybridized carbons (Fsp3) is 0.375. The van der Waals surface area contributed by atoms with Gasteiger partial charge in [0.1, 0.15) is 5.69 Å². The molecule has 14 heavy (non-hydrogen) atoms. The van der Waals surface area contributed by atoms with Crippen molar-refractivity contribution in [3.8, 4) is 0 Å². The zero-order valence-corrected chi connectivity index (χ0v) is 7.07. The minimum absolute atomic E-state index is 0.296. The first kappa shape index (κ1) is 10.9. The van der Waals surface area contributed by atoms with E-state index in [1.165, 1.54) is 0 Å². The van der Waals surface area contributed by atoms with Gasteiger partial charge in [0, 0.05) is 11.3 Å². The van der Waals surface area contributed by atoms with Gasteiger partial charge in [-0.15, -0.1) is 0 Å². The number of hydrogen-bond acceptors (Lipinski definition) is 1. The molecule has 0 atom stereocenters. The molecule has 6 heteroatoms. The third kappa shape index (κ3) is 2.18. The van der Waals surface area contributed by atoms with Crippen LogP contribution in [-0.4, -0.2) is 4.98 Å². The fourth-order valence-electron chi connectivity index (χ4n) is 0.960. The molecule has 1 aromatic heterocycles. The number of hydrogen-bond donors (Lipinski definition) is 0. The molecule has 0 aromatic carbocycles. The monoisotopic (exact) mass is 211 g/mol. The lowest BCUT2D eigenvalue weighted by Gasteiger charge is -2.08. The highest BCUT2D eigenvalue weighted by atomic mass is 19.4. The Labute approximate surface area is 76.6 Å². The van der Waals surface area contributed by atoms with E-state index in [0.717, 1.165) is 13.0 Å². The van der Waals surface area contributed by atoms with Gasteiger partial charge in [-0.25, -0.2) is 13.8 Å². The summed E-state index contributed by atoms with van der Waals surface area (Å²) in [4.78, 5) is 3.06. The molecule has 0 saturated heterocycles. The quantitative estimate of drug-likeness (QED) is 0.649. The second-order valence-corrected chi connectivity index (χ2v) is 2.67. The summed E-state index contributed by atoms with van der Waals surface area (Å²) in [6.07, 6.45) is -7.39. The molecule has 0 radical (unpaired) electrons. The zero-order chi connectivity index (χ0) is 10.9. The summed E-state index contributed by atoms with van der Waals surface area (Å²) in [6, 6.07) is 1.30. The average Bonchev–Trinajstić information content (AvgIpc) is 2.01. The highest BCUT2D eigenvalue weighted by Crippen LogP contribution is 2.30. The summed E-state index contributed by atoms with van der Waals surface area (Å²) in [5.74, 6) is 0. The third-order valence-electron chi connectivity index (χ3n) is 1.65. The number of halogens is 5. The van der Waals surface area contributed by atoms with Gasteiger partial charge in [-0.05, 0) is 19.1 Å². The molecule has 0 bridgehead atoms. The van der Waals surface area contributed by atoms with E-state index in [4.69, 9.17) is 0 Å². The standard InChI is InChI=1S/C8H6F5N/c1-4-5(7(9)10)2-3-6(14-4)8(11,12)13/h2-3,7H,1H3. The first-order valence-electron chi connectivity index (χ1n) is 3.65. The maximum absolute atomic E-state index is 12.1. The van der Waals surface area contributed by atoms with Gasteiger partial charge in [-0.1, -0.05) is 0 Å². The summed E-state index contributed by atoms with van der Waals surface area (Å²) in [7, 11) is 0. The SMILES string of the molecule is Cc1nc(C(F)(F)F)ccc1C(F)F. The van der Waals surface area contributed by atoms with Crippen molar-refractivity contribution in [2.75, 3.05) is 0 Å². The number of alkyl halides is 5. The lowest BCUT2D eigenvalue weighted by molar-refractivity contribution is -0.141. The molecule has 0 aliphatic rings. The molecule has 0 N–H and O–H groups in total. The molecule has 0 saturated carbocycles. The van der Waals surface area contributed by atoms with Crippen LogP contribution in [0.25, 0.3) is 0 Å². The Hall–Kier alpha value is -1.20. The highest BCUT2D eigenvalue weighted by molar-refractivity contribution is 5.24. The van der Waals surface area contributed by atoms with Crippen molar-refractivity contribution in [3.63, 3.8) is 0 Å². The Morgan fingerprint density at radius 1 is 1.21 bits per heavy atom. The second-order valence-electron chi connectivity index (χ2n) is 2.67. The summed E-state index contributed by atoms with van der Waals surface area (Å²) in [5.41, 5.74) is -1.92. The summed E-state index contributed by atoms with van der Waals surface area (Å²) >= 11 is 0. The van der Waals surface area contributed by atoms with Gasteiger partial charge >= 0.3 is 6.18 Å². The molecule has 1 nitrogen and oxygen atoms in total. The maximum Gasteiger partial charge on any atom is 0.433 e. The molecule has 0 spiro atoms. The van der Waals surface area contributed by atoms with Crippen molar-refractivity contribution in [1.29, 1.82) is 0 Å². The van der Waals surface area contributed by atoms with E-state index < -0.39 is 23.9 Å². The average molecular weight is 211 g/mol. The Bertz CT molecular complexity index is 331. The summed E-state index contributed by atoms with van der Waals surface area (Å²) in [5, 5.41) is 0. The molecule has 0 amide bonds. The van der Waals surface area contributed by atoms with Crippen molar-refractivity contribution in [3.05, 3.63) is 29.1 Å². The van der Waals surface area contributed by atoms with Crippen LogP contribution in [0.3, 0.4) is 0 Å². The fourth-order valence-corrected chi connectivity index (χ4v) is 0.960. The van der Waals surface area contributed by atoms with Crippen LogP contribution in [0.5, 0.6) is 0 Å². The van der Waals surface area contributed by atoms with Crippen LogP contribution in [0.4, 0.5) is 22.0 Å². The van der Waals surface area contributed by atoms with E-state index in [-0.39, 0.29) is 5.69 Å². The first-order chi connectivity index (χ1) is 6.32. The molecule has 1 rings (SSSR count). The van der Waals surface area contributed by atoms with Crippen LogP contribution in [0.15, 0.2) is 12.1 Å². The van der Waals surface area contributed by atoms with Crippen molar-refractivity contribution >= 4 is 0 Å². The molecule has 78 valence electrons. The topological polar surface area (TPSA) is 12.9 Å².